The third-order valence-electron chi connectivity index (χ3n) is 7.12. The number of rotatable bonds is 3. The first kappa shape index (κ1) is 23.2. The summed E-state index contributed by atoms with van der Waals surface area (Å²) in [4.78, 5) is 15.4. The maximum absolute atomic E-state index is 10.4. The van der Waals surface area contributed by atoms with Crippen molar-refractivity contribution in [2.45, 2.75) is 0 Å². The molecule has 0 bridgehead atoms. The summed E-state index contributed by atoms with van der Waals surface area (Å²) in [5.74, 6) is 0. The number of pyridine rings is 1. The van der Waals surface area contributed by atoms with Crippen molar-refractivity contribution in [1.82, 2.24) is 15.0 Å². The van der Waals surface area contributed by atoms with E-state index in [9.17, 15) is 10.5 Å². The van der Waals surface area contributed by atoms with Gasteiger partial charge in [-0.3, -0.25) is 0 Å². The molecule has 5 heteroatoms. The summed E-state index contributed by atoms with van der Waals surface area (Å²) >= 11 is 0. The highest BCUT2D eigenvalue weighted by atomic mass is 14.8. The van der Waals surface area contributed by atoms with Gasteiger partial charge in [-0.05, 0) is 18.2 Å². The molecule has 0 aliphatic rings. The quantitative estimate of drug-likeness (QED) is 0.225. The number of aromatic nitrogens is 3. The molecule has 0 radical (unpaired) electrons. The Hall–Kier alpha value is -5.91. The molecule has 0 saturated heterocycles. The molecule has 2 aromatic heterocycles. The minimum atomic E-state index is 0.435. The van der Waals surface area contributed by atoms with Crippen LogP contribution in [-0.4, -0.2) is 15.0 Å². The zero-order chi connectivity index (χ0) is 27.1. The van der Waals surface area contributed by atoms with Gasteiger partial charge in [-0.1, -0.05) is 97.1 Å². The maximum atomic E-state index is 10.4. The van der Waals surface area contributed by atoms with Crippen LogP contribution in [0.3, 0.4) is 0 Å². The van der Waals surface area contributed by atoms with Gasteiger partial charge < -0.3 is 0 Å². The predicted octanol–water partition coefficient (Wildman–Crippen LogP) is 8.08. The van der Waals surface area contributed by atoms with Crippen LogP contribution in [0.4, 0.5) is 0 Å². The van der Waals surface area contributed by atoms with E-state index in [1.54, 1.807) is 12.1 Å². The summed E-state index contributed by atoms with van der Waals surface area (Å²) in [6.45, 7) is 0. The van der Waals surface area contributed by atoms with Crippen molar-refractivity contribution in [3.63, 3.8) is 0 Å². The molecule has 5 nitrogen and oxygen atoms in total. The fourth-order valence-electron chi connectivity index (χ4n) is 5.33. The van der Waals surface area contributed by atoms with Gasteiger partial charge in [-0.2, -0.15) is 10.5 Å². The van der Waals surface area contributed by atoms with Crippen LogP contribution in [0.15, 0.2) is 115 Å². The molecule has 0 spiro atoms. The van der Waals surface area contributed by atoms with Crippen LogP contribution in [0.25, 0.3) is 66.5 Å². The van der Waals surface area contributed by atoms with Crippen LogP contribution < -0.4 is 0 Å². The van der Waals surface area contributed by atoms with E-state index in [0.717, 1.165) is 38.8 Å². The number of nitrogens with zero attached hydrogens (tertiary/aromatic N) is 5. The second kappa shape index (κ2) is 9.44. The average Bonchev–Trinajstić information content (AvgIpc) is 3.04. The highest BCUT2D eigenvalue weighted by molar-refractivity contribution is 6.23. The number of benzene rings is 5. The van der Waals surface area contributed by atoms with Crippen molar-refractivity contribution >= 4 is 32.7 Å². The number of hydrogen-bond donors (Lipinski definition) is 0. The number of fused-ring (bicyclic) bond motifs is 5. The Bertz CT molecular complexity index is 2170. The van der Waals surface area contributed by atoms with Crippen molar-refractivity contribution in [2.24, 2.45) is 0 Å². The first-order chi connectivity index (χ1) is 19.8. The molecule has 184 valence electrons. The topological polar surface area (TPSA) is 86.2 Å². The van der Waals surface area contributed by atoms with Gasteiger partial charge in [0.05, 0.1) is 56.9 Å². The van der Waals surface area contributed by atoms with E-state index in [4.69, 9.17) is 15.0 Å². The Morgan fingerprint density at radius 1 is 0.475 bits per heavy atom. The molecule has 0 saturated carbocycles. The maximum Gasteiger partial charge on any atom is 0.0999 e. The second-order valence-corrected chi connectivity index (χ2v) is 9.44. The lowest BCUT2D eigenvalue weighted by molar-refractivity contribution is 1.30. The van der Waals surface area contributed by atoms with E-state index < -0.39 is 0 Å². The van der Waals surface area contributed by atoms with Crippen LogP contribution in [-0.2, 0) is 0 Å². The number of para-hydroxylation sites is 1. The molecule has 0 aliphatic carbocycles. The number of hydrogen-bond acceptors (Lipinski definition) is 5. The fraction of sp³-hybridized carbons (Fsp3) is 0. The molecule has 2 heterocycles. The fourth-order valence-corrected chi connectivity index (χ4v) is 5.33. The van der Waals surface area contributed by atoms with Crippen LogP contribution >= 0.6 is 0 Å². The highest BCUT2D eigenvalue weighted by Gasteiger charge is 2.22. The first-order valence-electron chi connectivity index (χ1n) is 12.8. The van der Waals surface area contributed by atoms with Gasteiger partial charge in [0, 0.05) is 32.8 Å². The van der Waals surface area contributed by atoms with Crippen LogP contribution in [0.1, 0.15) is 11.1 Å². The zero-order valence-corrected chi connectivity index (χ0v) is 21.2. The largest absolute Gasteiger partial charge is 0.247 e. The van der Waals surface area contributed by atoms with Crippen LogP contribution in [0.2, 0.25) is 0 Å². The van der Waals surface area contributed by atoms with Crippen LogP contribution in [0, 0.1) is 22.7 Å². The molecule has 0 amide bonds. The van der Waals surface area contributed by atoms with E-state index in [1.165, 1.54) is 0 Å². The third kappa shape index (κ3) is 3.66. The SMILES string of the molecule is N#Cc1ccccc1-c1nc2ccccc2c2c1c(C#N)cc1nc(-c3ccccc3)c(-c3ccccc3)nc12. The average molecular weight is 510 g/mol. The van der Waals surface area contributed by atoms with Crippen molar-refractivity contribution in [3.05, 3.63) is 126 Å². The van der Waals surface area contributed by atoms with Gasteiger partial charge in [0.15, 0.2) is 0 Å². The van der Waals surface area contributed by atoms with E-state index >= 15 is 0 Å². The highest BCUT2D eigenvalue weighted by Crippen LogP contribution is 2.41. The number of nitriles is 2. The molecule has 0 aliphatic heterocycles. The molecule has 40 heavy (non-hydrogen) atoms. The smallest absolute Gasteiger partial charge is 0.0999 e. The second-order valence-electron chi connectivity index (χ2n) is 9.44. The van der Waals surface area contributed by atoms with Gasteiger partial charge in [-0.25, -0.2) is 15.0 Å². The standard InChI is InChI=1S/C35H19N5/c36-20-24-15-7-8-16-26(24)34-30-25(21-37)19-29-35(31(30)27-17-9-10-18-28(27)38-34)40-33(23-13-5-2-6-14-23)32(39-29)22-11-3-1-4-12-22/h1-19H. The van der Waals surface area contributed by atoms with E-state index in [2.05, 4.69) is 12.1 Å². The molecule has 0 N–H and O–H groups in total. The summed E-state index contributed by atoms with van der Waals surface area (Å²) in [7, 11) is 0. The van der Waals surface area contributed by atoms with Gasteiger partial charge in [0.1, 0.15) is 0 Å². The summed E-state index contributed by atoms with van der Waals surface area (Å²) in [6.07, 6.45) is 0. The summed E-state index contributed by atoms with van der Waals surface area (Å²) in [5.41, 5.74) is 7.63. The van der Waals surface area contributed by atoms with E-state index in [-0.39, 0.29) is 0 Å². The molecular weight excluding hydrogens is 490 g/mol. The summed E-state index contributed by atoms with van der Waals surface area (Å²) in [5, 5.41) is 22.6. The van der Waals surface area contributed by atoms with Crippen molar-refractivity contribution in [2.75, 3.05) is 0 Å². The first-order valence-corrected chi connectivity index (χ1v) is 12.8. The van der Waals surface area contributed by atoms with Crippen LogP contribution in [0.5, 0.6) is 0 Å². The summed E-state index contributed by atoms with van der Waals surface area (Å²) < 4.78 is 0. The molecule has 0 fully saturated rings. The monoisotopic (exact) mass is 509 g/mol. The van der Waals surface area contributed by atoms with Gasteiger partial charge in [0.2, 0.25) is 0 Å². The lowest BCUT2D eigenvalue weighted by Gasteiger charge is -2.16. The molecular formula is C35H19N5. The predicted molar refractivity (Wildman–Crippen MR) is 158 cm³/mol. The van der Waals surface area contributed by atoms with Crippen molar-refractivity contribution in [3.8, 4) is 45.9 Å². The van der Waals surface area contributed by atoms with Gasteiger partial charge >= 0.3 is 0 Å². The Balaban J connectivity index is 1.71. The zero-order valence-electron chi connectivity index (χ0n) is 21.2. The Kier molecular flexibility index (Phi) is 5.48. The molecule has 0 atom stereocenters. The lowest BCUT2D eigenvalue weighted by Crippen LogP contribution is -2.00. The minimum Gasteiger partial charge on any atom is -0.247 e. The molecule has 7 rings (SSSR count). The van der Waals surface area contributed by atoms with Gasteiger partial charge in [0.25, 0.3) is 0 Å². The molecule has 0 unspecified atom stereocenters. The third-order valence-corrected chi connectivity index (χ3v) is 7.12. The summed E-state index contributed by atoms with van der Waals surface area (Å²) in [6, 6.07) is 41.7. The Morgan fingerprint density at radius 3 is 1.75 bits per heavy atom. The Labute approximate surface area is 230 Å². The molecule has 5 aromatic carbocycles. The van der Waals surface area contributed by atoms with Crippen molar-refractivity contribution in [1.29, 1.82) is 10.5 Å². The normalized spacial score (nSPS) is 10.9. The van der Waals surface area contributed by atoms with Gasteiger partial charge in [-0.15, -0.1) is 0 Å². The lowest BCUT2D eigenvalue weighted by atomic mass is 9.93. The minimum absolute atomic E-state index is 0.435. The van der Waals surface area contributed by atoms with E-state index in [1.807, 2.05) is 103 Å². The van der Waals surface area contributed by atoms with Crippen molar-refractivity contribution < 1.29 is 0 Å². The van der Waals surface area contributed by atoms with E-state index in [0.29, 0.717) is 38.8 Å². The Morgan fingerprint density at radius 2 is 1.05 bits per heavy atom. The molecule has 7 aromatic rings.